The lowest BCUT2D eigenvalue weighted by molar-refractivity contribution is -0.0424. The van der Waals surface area contributed by atoms with E-state index in [1.807, 2.05) is 6.92 Å². The number of nitrogens with zero attached hydrogens (tertiary/aromatic N) is 2. The third-order valence-corrected chi connectivity index (χ3v) is 4.60. The largest absolute Gasteiger partial charge is 0.370 e. The number of rotatable bonds is 2. The van der Waals surface area contributed by atoms with Crippen molar-refractivity contribution in [1.82, 2.24) is 9.55 Å². The van der Waals surface area contributed by atoms with E-state index >= 15 is 0 Å². The van der Waals surface area contributed by atoms with Crippen LogP contribution in [-0.2, 0) is 11.3 Å². The minimum atomic E-state index is -0.0894. The van der Waals surface area contributed by atoms with Gasteiger partial charge in [-0.25, -0.2) is 4.98 Å². The molecule has 1 aliphatic heterocycles. The second-order valence-electron chi connectivity index (χ2n) is 5.74. The van der Waals surface area contributed by atoms with Gasteiger partial charge in [0.2, 0.25) is 0 Å². The van der Waals surface area contributed by atoms with E-state index in [1.165, 1.54) is 31.7 Å². The molecule has 0 radical (unpaired) electrons. The van der Waals surface area contributed by atoms with E-state index in [-0.39, 0.29) is 22.4 Å². The molecule has 0 N–H and O–H groups in total. The average Bonchev–Trinajstić information content (AvgIpc) is 2.95. The number of hydrogen-bond donors (Lipinski definition) is 0. The standard InChI is InChI=1S/C14H19ClN2O2/c1-10-16-12(15)8-13(18)17(10)9-11-4-7-14(19-11)5-2-3-6-14/h8,11H,2-7,9H2,1H3. The van der Waals surface area contributed by atoms with E-state index in [9.17, 15) is 4.79 Å². The van der Waals surface area contributed by atoms with Crippen molar-refractivity contribution in [3.63, 3.8) is 0 Å². The maximum absolute atomic E-state index is 11.9. The molecule has 4 nitrogen and oxygen atoms in total. The molecule has 1 spiro atoms. The molecule has 1 aromatic heterocycles. The summed E-state index contributed by atoms with van der Waals surface area (Å²) in [7, 11) is 0. The van der Waals surface area contributed by atoms with Gasteiger partial charge in [-0.3, -0.25) is 9.36 Å². The smallest absolute Gasteiger partial charge is 0.255 e. The van der Waals surface area contributed by atoms with E-state index in [4.69, 9.17) is 16.3 Å². The summed E-state index contributed by atoms with van der Waals surface area (Å²) in [6.45, 7) is 2.41. The maximum Gasteiger partial charge on any atom is 0.255 e. The van der Waals surface area contributed by atoms with Gasteiger partial charge in [0.15, 0.2) is 0 Å². The van der Waals surface area contributed by atoms with Crippen molar-refractivity contribution in [2.45, 2.75) is 63.7 Å². The maximum atomic E-state index is 11.9. The summed E-state index contributed by atoms with van der Waals surface area (Å²) in [5.41, 5.74) is 0.0238. The quantitative estimate of drug-likeness (QED) is 0.784. The highest BCUT2D eigenvalue weighted by atomic mass is 35.5. The monoisotopic (exact) mass is 282 g/mol. The van der Waals surface area contributed by atoms with Crippen molar-refractivity contribution in [2.24, 2.45) is 0 Å². The predicted octanol–water partition coefficient (Wildman–Crippen LogP) is 2.70. The first kappa shape index (κ1) is 13.1. The third kappa shape index (κ3) is 2.56. The number of halogens is 1. The molecule has 1 aliphatic carbocycles. The van der Waals surface area contributed by atoms with Crippen LogP contribution in [0.25, 0.3) is 0 Å². The van der Waals surface area contributed by atoms with Crippen molar-refractivity contribution in [3.05, 3.63) is 27.4 Å². The predicted molar refractivity (Wildman–Crippen MR) is 73.6 cm³/mol. The van der Waals surface area contributed by atoms with Gasteiger partial charge in [0.05, 0.1) is 18.2 Å². The second kappa shape index (κ2) is 4.91. The van der Waals surface area contributed by atoms with Crippen molar-refractivity contribution in [1.29, 1.82) is 0 Å². The van der Waals surface area contributed by atoms with Crippen LogP contribution in [0.1, 0.15) is 44.3 Å². The summed E-state index contributed by atoms with van der Waals surface area (Å²) < 4.78 is 7.90. The lowest BCUT2D eigenvalue weighted by Gasteiger charge is -2.24. The highest BCUT2D eigenvalue weighted by Crippen LogP contribution is 2.43. The van der Waals surface area contributed by atoms with Crippen molar-refractivity contribution >= 4 is 11.6 Å². The molecule has 5 heteroatoms. The van der Waals surface area contributed by atoms with Crippen molar-refractivity contribution in [3.8, 4) is 0 Å². The van der Waals surface area contributed by atoms with E-state index in [2.05, 4.69) is 4.98 Å². The Hall–Kier alpha value is -0.870. The van der Waals surface area contributed by atoms with Crippen LogP contribution < -0.4 is 5.56 Å². The Morgan fingerprint density at radius 1 is 1.47 bits per heavy atom. The summed E-state index contributed by atoms with van der Waals surface area (Å²) in [6, 6.07) is 1.37. The Bertz CT molecular complexity index is 535. The number of ether oxygens (including phenoxy) is 1. The Labute approximate surface area is 117 Å². The highest BCUT2D eigenvalue weighted by Gasteiger charge is 2.42. The Morgan fingerprint density at radius 3 is 2.89 bits per heavy atom. The minimum absolute atomic E-state index is 0.0894. The van der Waals surface area contributed by atoms with Crippen LogP contribution in [0.15, 0.2) is 10.9 Å². The first-order valence-corrected chi connectivity index (χ1v) is 7.38. The highest BCUT2D eigenvalue weighted by molar-refractivity contribution is 6.29. The molecule has 1 unspecified atom stereocenters. The van der Waals surface area contributed by atoms with E-state index in [1.54, 1.807) is 4.57 Å². The fourth-order valence-electron chi connectivity index (χ4n) is 3.42. The van der Waals surface area contributed by atoms with Gasteiger partial charge in [-0.15, -0.1) is 0 Å². The molecule has 19 heavy (non-hydrogen) atoms. The third-order valence-electron chi connectivity index (χ3n) is 4.41. The summed E-state index contributed by atoms with van der Waals surface area (Å²) in [5.74, 6) is 0.661. The Balaban J connectivity index is 1.75. The molecule has 2 heterocycles. The number of aromatic nitrogens is 2. The van der Waals surface area contributed by atoms with Gasteiger partial charge < -0.3 is 4.74 Å². The van der Waals surface area contributed by atoms with Gasteiger partial charge in [0, 0.05) is 6.07 Å². The fraction of sp³-hybridized carbons (Fsp3) is 0.714. The van der Waals surface area contributed by atoms with Crippen LogP contribution in [0, 0.1) is 6.92 Å². The summed E-state index contributed by atoms with van der Waals surface area (Å²) in [4.78, 5) is 16.1. The molecule has 1 atom stereocenters. The molecule has 0 aromatic carbocycles. The molecule has 3 rings (SSSR count). The van der Waals surface area contributed by atoms with Crippen LogP contribution in [-0.4, -0.2) is 21.3 Å². The lowest BCUT2D eigenvalue weighted by Crippen LogP contribution is -2.31. The molecule has 1 saturated heterocycles. The lowest BCUT2D eigenvalue weighted by atomic mass is 9.98. The van der Waals surface area contributed by atoms with Gasteiger partial charge in [-0.1, -0.05) is 24.4 Å². The number of hydrogen-bond acceptors (Lipinski definition) is 3. The molecule has 0 bridgehead atoms. The van der Waals surface area contributed by atoms with Crippen LogP contribution in [0.5, 0.6) is 0 Å². The normalized spacial score (nSPS) is 25.3. The van der Waals surface area contributed by atoms with Crippen LogP contribution in [0.3, 0.4) is 0 Å². The van der Waals surface area contributed by atoms with Crippen LogP contribution in [0.2, 0.25) is 5.15 Å². The second-order valence-corrected chi connectivity index (χ2v) is 6.13. The zero-order chi connectivity index (χ0) is 13.5. The van der Waals surface area contributed by atoms with E-state index < -0.39 is 0 Å². The van der Waals surface area contributed by atoms with E-state index in [0.29, 0.717) is 12.4 Å². The molecule has 2 aliphatic rings. The van der Waals surface area contributed by atoms with Gasteiger partial charge >= 0.3 is 0 Å². The van der Waals surface area contributed by atoms with Gasteiger partial charge in [-0.2, -0.15) is 0 Å². The summed E-state index contributed by atoms with van der Waals surface area (Å²) in [5, 5.41) is 0.262. The molecule has 0 amide bonds. The molecular formula is C14H19ClN2O2. The SMILES string of the molecule is Cc1nc(Cl)cc(=O)n1CC1CCC2(CCCC2)O1. The number of aryl methyl sites for hydroxylation is 1. The minimum Gasteiger partial charge on any atom is -0.370 e. The van der Waals surface area contributed by atoms with Gasteiger partial charge in [0.25, 0.3) is 5.56 Å². The zero-order valence-corrected chi connectivity index (χ0v) is 11.9. The van der Waals surface area contributed by atoms with Crippen molar-refractivity contribution < 1.29 is 4.74 Å². The van der Waals surface area contributed by atoms with Crippen LogP contribution >= 0.6 is 11.6 Å². The van der Waals surface area contributed by atoms with Gasteiger partial charge in [-0.05, 0) is 32.6 Å². The topological polar surface area (TPSA) is 44.1 Å². The fourth-order valence-corrected chi connectivity index (χ4v) is 3.64. The van der Waals surface area contributed by atoms with E-state index in [0.717, 1.165) is 12.8 Å². The molecule has 2 fully saturated rings. The first-order valence-electron chi connectivity index (χ1n) is 7.00. The van der Waals surface area contributed by atoms with Crippen LogP contribution in [0.4, 0.5) is 0 Å². The molecule has 104 valence electrons. The molecule has 1 aromatic rings. The molecular weight excluding hydrogens is 264 g/mol. The summed E-state index contributed by atoms with van der Waals surface area (Å²) >= 11 is 5.78. The summed E-state index contributed by atoms with van der Waals surface area (Å²) in [6.07, 6.45) is 7.20. The zero-order valence-electron chi connectivity index (χ0n) is 11.2. The Morgan fingerprint density at radius 2 is 2.21 bits per heavy atom. The van der Waals surface area contributed by atoms with Crippen molar-refractivity contribution in [2.75, 3.05) is 0 Å². The Kier molecular flexibility index (Phi) is 3.39. The molecule has 1 saturated carbocycles. The average molecular weight is 283 g/mol. The first-order chi connectivity index (χ1) is 9.08. The van der Waals surface area contributed by atoms with Gasteiger partial charge in [0.1, 0.15) is 11.0 Å².